The van der Waals surface area contributed by atoms with Crippen molar-refractivity contribution < 1.29 is 9.47 Å². The summed E-state index contributed by atoms with van der Waals surface area (Å²) in [6.45, 7) is 5.25. The van der Waals surface area contributed by atoms with Crippen LogP contribution in [0.2, 0.25) is 0 Å². The zero-order valence-electron chi connectivity index (χ0n) is 11.9. The van der Waals surface area contributed by atoms with Crippen molar-refractivity contribution in [2.75, 3.05) is 13.7 Å². The molecule has 0 atom stereocenters. The molecule has 1 heterocycles. The lowest BCUT2D eigenvalue weighted by Crippen LogP contribution is -2.07. The number of H-pyrrole nitrogens is 1. The first kappa shape index (κ1) is 14.7. The van der Waals surface area contributed by atoms with E-state index >= 15 is 0 Å². The summed E-state index contributed by atoms with van der Waals surface area (Å²) < 4.78 is 13.3. The Hall–Kier alpha value is -1.66. The van der Waals surface area contributed by atoms with Gasteiger partial charge >= 0.3 is 0 Å². The van der Waals surface area contributed by atoms with Crippen LogP contribution >= 0.6 is 12.2 Å². The van der Waals surface area contributed by atoms with Crippen LogP contribution in [0.1, 0.15) is 13.8 Å². The molecule has 0 aliphatic heterocycles. The maximum atomic E-state index is 5.71. The fourth-order valence-electron chi connectivity index (χ4n) is 1.91. The number of methoxy groups -OCH3 is 1. The molecule has 1 aromatic carbocycles. The third-order valence-corrected chi connectivity index (χ3v) is 3.05. The van der Waals surface area contributed by atoms with Gasteiger partial charge in [-0.2, -0.15) is 5.10 Å². The maximum absolute atomic E-state index is 5.71. The molecule has 0 aliphatic rings. The van der Waals surface area contributed by atoms with Gasteiger partial charge in [0.25, 0.3) is 0 Å². The van der Waals surface area contributed by atoms with E-state index in [0.29, 0.717) is 17.9 Å². The van der Waals surface area contributed by atoms with E-state index in [1.54, 1.807) is 7.11 Å². The second-order valence-corrected chi connectivity index (χ2v) is 5.08. The number of ether oxygens (including phenoxy) is 2. The highest BCUT2D eigenvalue weighted by Crippen LogP contribution is 2.23. The SMILES string of the molecule is COCCn1c(-c2cccc(OC(C)C)c2)n[nH]c1=S. The molecule has 0 spiro atoms. The van der Waals surface area contributed by atoms with Crippen LogP contribution in [0.4, 0.5) is 0 Å². The van der Waals surface area contributed by atoms with Crippen LogP contribution in [0.15, 0.2) is 24.3 Å². The van der Waals surface area contributed by atoms with Gasteiger partial charge in [0.05, 0.1) is 19.3 Å². The molecule has 1 N–H and O–H groups in total. The summed E-state index contributed by atoms with van der Waals surface area (Å²) in [5, 5.41) is 7.12. The van der Waals surface area contributed by atoms with Gasteiger partial charge in [-0.05, 0) is 38.2 Å². The zero-order valence-corrected chi connectivity index (χ0v) is 12.7. The molecule has 1 aromatic heterocycles. The average Bonchev–Trinajstić information content (AvgIpc) is 2.77. The van der Waals surface area contributed by atoms with Crippen LogP contribution in [0.25, 0.3) is 11.4 Å². The molecule has 0 fully saturated rings. The van der Waals surface area contributed by atoms with Gasteiger partial charge in [0.15, 0.2) is 10.6 Å². The summed E-state index contributed by atoms with van der Waals surface area (Å²) in [6, 6.07) is 7.84. The average molecular weight is 293 g/mol. The number of rotatable bonds is 6. The van der Waals surface area contributed by atoms with E-state index in [-0.39, 0.29) is 6.10 Å². The lowest BCUT2D eigenvalue weighted by molar-refractivity contribution is 0.187. The predicted octanol–water partition coefficient (Wildman–Crippen LogP) is 3.04. The molecule has 2 rings (SSSR count). The number of hydrogen-bond donors (Lipinski definition) is 1. The predicted molar refractivity (Wildman–Crippen MR) is 80.5 cm³/mol. The van der Waals surface area contributed by atoms with Gasteiger partial charge in [0.2, 0.25) is 0 Å². The van der Waals surface area contributed by atoms with Crippen LogP contribution < -0.4 is 4.74 Å². The zero-order chi connectivity index (χ0) is 14.5. The van der Waals surface area contributed by atoms with Crippen molar-refractivity contribution in [3.05, 3.63) is 29.0 Å². The van der Waals surface area contributed by atoms with E-state index in [1.807, 2.05) is 42.7 Å². The minimum atomic E-state index is 0.138. The van der Waals surface area contributed by atoms with Crippen LogP contribution in [-0.4, -0.2) is 34.6 Å². The number of aromatic amines is 1. The normalized spacial score (nSPS) is 11.0. The van der Waals surface area contributed by atoms with E-state index in [0.717, 1.165) is 17.1 Å². The molecular weight excluding hydrogens is 274 g/mol. The Morgan fingerprint density at radius 1 is 1.40 bits per heavy atom. The van der Waals surface area contributed by atoms with E-state index in [4.69, 9.17) is 21.7 Å². The number of nitrogens with zero attached hydrogens (tertiary/aromatic N) is 2. The molecule has 0 unspecified atom stereocenters. The summed E-state index contributed by atoms with van der Waals surface area (Å²) in [6.07, 6.45) is 0.138. The first-order valence-corrected chi connectivity index (χ1v) is 6.94. The van der Waals surface area contributed by atoms with Gasteiger partial charge < -0.3 is 9.47 Å². The van der Waals surface area contributed by atoms with Crippen LogP contribution in [0.5, 0.6) is 5.75 Å². The first-order valence-electron chi connectivity index (χ1n) is 6.53. The number of nitrogens with one attached hydrogen (secondary N) is 1. The van der Waals surface area contributed by atoms with Crippen molar-refractivity contribution in [1.82, 2.24) is 14.8 Å². The van der Waals surface area contributed by atoms with Crippen molar-refractivity contribution in [2.24, 2.45) is 0 Å². The summed E-state index contributed by atoms with van der Waals surface area (Å²) in [4.78, 5) is 0. The minimum absolute atomic E-state index is 0.138. The van der Waals surface area contributed by atoms with Gasteiger partial charge in [0.1, 0.15) is 5.75 Å². The highest BCUT2D eigenvalue weighted by molar-refractivity contribution is 7.71. The molecule has 108 valence electrons. The Kier molecular flexibility index (Phi) is 4.92. The second-order valence-electron chi connectivity index (χ2n) is 4.69. The molecule has 0 aliphatic carbocycles. The Labute approximate surface area is 123 Å². The summed E-state index contributed by atoms with van der Waals surface area (Å²) in [7, 11) is 1.67. The Bertz CT molecular complexity index is 619. The highest BCUT2D eigenvalue weighted by Gasteiger charge is 2.10. The van der Waals surface area contributed by atoms with Gasteiger partial charge in [-0.3, -0.25) is 9.67 Å². The van der Waals surface area contributed by atoms with E-state index in [9.17, 15) is 0 Å². The van der Waals surface area contributed by atoms with Crippen LogP contribution in [0.3, 0.4) is 0 Å². The van der Waals surface area contributed by atoms with Gasteiger partial charge in [-0.25, -0.2) is 0 Å². The molecule has 0 saturated heterocycles. The van der Waals surface area contributed by atoms with Crippen LogP contribution in [-0.2, 0) is 11.3 Å². The third kappa shape index (κ3) is 3.46. The Balaban J connectivity index is 2.34. The standard InChI is InChI=1S/C14H19N3O2S/c1-10(2)19-12-6-4-5-11(9-12)13-15-16-14(20)17(13)7-8-18-3/h4-6,9-10H,7-8H2,1-3H3,(H,16,20). The Morgan fingerprint density at radius 3 is 2.90 bits per heavy atom. The van der Waals surface area contributed by atoms with Crippen LogP contribution in [0, 0.1) is 4.77 Å². The quantitative estimate of drug-likeness (QED) is 0.832. The molecule has 0 amide bonds. The lowest BCUT2D eigenvalue weighted by Gasteiger charge is -2.11. The van der Waals surface area contributed by atoms with Crippen molar-refractivity contribution in [2.45, 2.75) is 26.5 Å². The largest absolute Gasteiger partial charge is 0.491 e. The monoisotopic (exact) mass is 293 g/mol. The maximum Gasteiger partial charge on any atom is 0.195 e. The molecule has 5 nitrogen and oxygen atoms in total. The number of hydrogen-bond acceptors (Lipinski definition) is 4. The highest BCUT2D eigenvalue weighted by atomic mass is 32.1. The lowest BCUT2D eigenvalue weighted by atomic mass is 10.2. The molecule has 0 radical (unpaired) electrons. The molecule has 0 bridgehead atoms. The van der Waals surface area contributed by atoms with Gasteiger partial charge in [0, 0.05) is 12.7 Å². The summed E-state index contributed by atoms with van der Waals surface area (Å²) in [5.74, 6) is 1.62. The Morgan fingerprint density at radius 2 is 2.20 bits per heavy atom. The van der Waals surface area contributed by atoms with E-state index in [1.165, 1.54) is 0 Å². The fourth-order valence-corrected chi connectivity index (χ4v) is 2.13. The van der Waals surface area contributed by atoms with E-state index in [2.05, 4.69) is 10.2 Å². The summed E-state index contributed by atoms with van der Waals surface area (Å²) >= 11 is 5.25. The first-order chi connectivity index (χ1) is 9.61. The molecule has 6 heteroatoms. The molecule has 0 saturated carbocycles. The number of benzene rings is 1. The van der Waals surface area contributed by atoms with Crippen molar-refractivity contribution in [1.29, 1.82) is 0 Å². The van der Waals surface area contributed by atoms with Crippen molar-refractivity contribution >= 4 is 12.2 Å². The minimum Gasteiger partial charge on any atom is -0.491 e. The molecular formula is C14H19N3O2S. The third-order valence-electron chi connectivity index (χ3n) is 2.74. The second kappa shape index (κ2) is 6.67. The van der Waals surface area contributed by atoms with Crippen molar-refractivity contribution in [3.63, 3.8) is 0 Å². The molecule has 2 aromatic rings. The molecule has 20 heavy (non-hydrogen) atoms. The summed E-state index contributed by atoms with van der Waals surface area (Å²) in [5.41, 5.74) is 0.964. The topological polar surface area (TPSA) is 52.1 Å². The fraction of sp³-hybridized carbons (Fsp3) is 0.429. The smallest absolute Gasteiger partial charge is 0.195 e. The van der Waals surface area contributed by atoms with Crippen molar-refractivity contribution in [3.8, 4) is 17.1 Å². The van der Waals surface area contributed by atoms with E-state index < -0.39 is 0 Å². The number of aromatic nitrogens is 3. The van der Waals surface area contributed by atoms with Gasteiger partial charge in [-0.1, -0.05) is 12.1 Å². The van der Waals surface area contributed by atoms with Gasteiger partial charge in [-0.15, -0.1) is 0 Å².